The summed E-state index contributed by atoms with van der Waals surface area (Å²) in [5.41, 5.74) is 6.79. The first-order valence-electron chi connectivity index (χ1n) is 9.45. The lowest BCUT2D eigenvalue weighted by Gasteiger charge is -2.39. The highest BCUT2D eigenvalue weighted by molar-refractivity contribution is 5.95. The van der Waals surface area contributed by atoms with E-state index < -0.39 is 12.2 Å². The number of benzene rings is 1. The first-order chi connectivity index (χ1) is 14.4. The molecule has 5 rings (SSSR count). The number of ether oxygens (including phenoxy) is 3. The van der Waals surface area contributed by atoms with Crippen molar-refractivity contribution in [1.82, 2.24) is 9.97 Å². The minimum atomic E-state index is -3.00. The van der Waals surface area contributed by atoms with Gasteiger partial charge in [-0.2, -0.15) is 8.78 Å². The summed E-state index contributed by atoms with van der Waals surface area (Å²) in [4.78, 5) is 24.9. The predicted molar refractivity (Wildman–Crippen MR) is 99.6 cm³/mol. The molecule has 0 amide bonds. The van der Waals surface area contributed by atoms with Crippen LogP contribution in [0.1, 0.15) is 34.5 Å². The maximum absolute atomic E-state index is 12.6. The van der Waals surface area contributed by atoms with Gasteiger partial charge in [-0.15, -0.1) is 0 Å². The van der Waals surface area contributed by atoms with E-state index in [9.17, 15) is 13.6 Å². The Morgan fingerprint density at radius 3 is 2.67 bits per heavy atom. The van der Waals surface area contributed by atoms with Crippen molar-refractivity contribution in [2.75, 3.05) is 13.2 Å². The van der Waals surface area contributed by atoms with E-state index in [-0.39, 0.29) is 35.2 Å². The molecule has 10 heteroatoms. The highest BCUT2D eigenvalue weighted by Gasteiger charge is 2.66. The molecule has 1 aromatic heterocycles. The number of alkyl halides is 2. The van der Waals surface area contributed by atoms with Crippen molar-refractivity contribution in [2.45, 2.75) is 31.4 Å². The van der Waals surface area contributed by atoms with Crippen molar-refractivity contribution in [3.63, 3.8) is 0 Å². The van der Waals surface area contributed by atoms with E-state index in [2.05, 4.69) is 19.7 Å². The lowest BCUT2D eigenvalue weighted by molar-refractivity contribution is -0.0531. The van der Waals surface area contributed by atoms with E-state index in [1.807, 2.05) is 12.1 Å². The summed E-state index contributed by atoms with van der Waals surface area (Å²) in [6, 6.07) is 5.70. The van der Waals surface area contributed by atoms with Crippen LogP contribution >= 0.6 is 0 Å². The highest BCUT2D eigenvalue weighted by atomic mass is 19.3. The van der Waals surface area contributed by atoms with Gasteiger partial charge in [-0.3, -0.25) is 4.79 Å². The number of hydrogen-bond donors (Lipinski definition) is 1. The fourth-order valence-electron chi connectivity index (χ4n) is 4.19. The Labute approximate surface area is 170 Å². The fraction of sp³-hybridized carbons (Fsp3) is 0.400. The Morgan fingerprint density at radius 1 is 1.20 bits per heavy atom. The molecule has 156 valence electrons. The zero-order chi connectivity index (χ0) is 20.9. The van der Waals surface area contributed by atoms with Crippen LogP contribution in [0.4, 0.5) is 8.78 Å². The molecule has 30 heavy (non-hydrogen) atoms. The Bertz CT molecular complexity index is 1040. The maximum atomic E-state index is 12.6. The maximum Gasteiger partial charge on any atom is 0.388 e. The van der Waals surface area contributed by atoms with Crippen LogP contribution < -0.4 is 15.2 Å². The van der Waals surface area contributed by atoms with Crippen molar-refractivity contribution in [3.8, 4) is 11.6 Å². The number of hydrogen-bond acceptors (Lipinski definition) is 8. The molecule has 1 saturated carbocycles. The molecule has 0 bridgehead atoms. The van der Waals surface area contributed by atoms with Gasteiger partial charge in [0.15, 0.2) is 5.78 Å². The second-order valence-corrected chi connectivity index (χ2v) is 7.72. The van der Waals surface area contributed by atoms with Gasteiger partial charge in [0.05, 0.1) is 19.0 Å². The Kier molecular flexibility index (Phi) is 4.12. The third-order valence-corrected chi connectivity index (χ3v) is 5.94. The molecule has 1 atom stereocenters. The molecule has 1 fully saturated rings. The number of rotatable bonds is 5. The van der Waals surface area contributed by atoms with Crippen LogP contribution in [-0.2, 0) is 16.7 Å². The number of nitrogens with two attached hydrogens (primary N) is 1. The summed E-state index contributed by atoms with van der Waals surface area (Å²) in [5, 5.41) is 0. The topological polar surface area (TPSA) is 109 Å². The van der Waals surface area contributed by atoms with Crippen molar-refractivity contribution in [2.24, 2.45) is 16.1 Å². The summed E-state index contributed by atoms with van der Waals surface area (Å²) in [6.07, 6.45) is 4.12. The fourth-order valence-corrected chi connectivity index (χ4v) is 4.19. The van der Waals surface area contributed by atoms with Crippen LogP contribution in [0.3, 0.4) is 0 Å². The summed E-state index contributed by atoms with van der Waals surface area (Å²) < 4.78 is 40.1. The molecule has 2 aromatic rings. The first kappa shape index (κ1) is 18.7. The molecule has 1 unspecified atom stereocenters. The Balaban J connectivity index is 1.41. The Morgan fingerprint density at radius 2 is 2.03 bits per heavy atom. The second-order valence-electron chi connectivity index (χ2n) is 7.72. The summed E-state index contributed by atoms with van der Waals surface area (Å²) in [7, 11) is 0. The van der Waals surface area contributed by atoms with E-state index in [4.69, 9.17) is 15.2 Å². The van der Waals surface area contributed by atoms with Gasteiger partial charge < -0.3 is 19.9 Å². The van der Waals surface area contributed by atoms with Crippen LogP contribution in [-0.4, -0.2) is 41.6 Å². The zero-order valence-electron chi connectivity index (χ0n) is 15.8. The normalized spacial score (nSPS) is 23.0. The van der Waals surface area contributed by atoms with Gasteiger partial charge in [-0.25, -0.2) is 15.0 Å². The largest absolute Gasteiger partial charge is 0.493 e. The van der Waals surface area contributed by atoms with Crippen molar-refractivity contribution in [3.05, 3.63) is 47.4 Å². The molecule has 2 aliphatic heterocycles. The van der Waals surface area contributed by atoms with Gasteiger partial charge in [-0.05, 0) is 30.5 Å². The van der Waals surface area contributed by atoms with Crippen LogP contribution in [0.25, 0.3) is 0 Å². The average molecular weight is 416 g/mol. The lowest BCUT2D eigenvalue weighted by atomic mass is 9.74. The smallest absolute Gasteiger partial charge is 0.388 e. The number of aliphatic imine (C=N–C) groups is 1. The van der Waals surface area contributed by atoms with Crippen LogP contribution in [0.2, 0.25) is 0 Å². The van der Waals surface area contributed by atoms with Crippen molar-refractivity contribution >= 4 is 11.8 Å². The van der Waals surface area contributed by atoms with Gasteiger partial charge in [-0.1, -0.05) is 6.07 Å². The first-order valence-corrected chi connectivity index (χ1v) is 9.45. The minimum Gasteiger partial charge on any atom is -0.493 e. The second kappa shape index (κ2) is 6.61. The Hall–Kier alpha value is -3.30. The number of aromatic nitrogens is 2. The highest BCUT2D eigenvalue weighted by Crippen LogP contribution is 2.65. The number of fused-ring (bicyclic) bond motifs is 3. The van der Waals surface area contributed by atoms with Gasteiger partial charge in [0.1, 0.15) is 23.6 Å². The van der Waals surface area contributed by atoms with Gasteiger partial charge >= 0.3 is 6.61 Å². The monoisotopic (exact) mass is 416 g/mol. The van der Waals surface area contributed by atoms with Gasteiger partial charge in [0.2, 0.25) is 5.88 Å². The van der Waals surface area contributed by atoms with Crippen molar-refractivity contribution < 1.29 is 27.8 Å². The van der Waals surface area contributed by atoms with Gasteiger partial charge in [0.25, 0.3) is 6.02 Å². The number of Topliss-reactive ketones (excluding diaryl/α,β-unsaturated/α-hetero) is 1. The molecular weight excluding hydrogens is 398 g/mol. The number of halogens is 2. The third kappa shape index (κ3) is 2.94. The van der Waals surface area contributed by atoms with Gasteiger partial charge in [0, 0.05) is 17.4 Å². The zero-order valence-corrected chi connectivity index (χ0v) is 15.8. The lowest BCUT2D eigenvalue weighted by Crippen LogP contribution is -2.44. The van der Waals surface area contributed by atoms with E-state index in [1.165, 1.54) is 0 Å². The third-order valence-electron chi connectivity index (χ3n) is 5.94. The van der Waals surface area contributed by atoms with Crippen LogP contribution in [0.5, 0.6) is 11.6 Å². The minimum absolute atomic E-state index is 0.0557. The molecule has 1 aliphatic carbocycles. The predicted octanol–water partition coefficient (Wildman–Crippen LogP) is 2.22. The SMILES string of the molecule is NC1=NC2(CO1)c1cc(CC(=O)c3cnc(OC(F)F)cn3)ccc1OCC21CC1. The summed E-state index contributed by atoms with van der Waals surface area (Å²) in [5.74, 6) is 0.0588. The molecule has 3 aliphatic rings. The average Bonchev–Trinajstić information content (AvgIpc) is 3.41. The molecule has 3 heterocycles. The molecule has 1 aromatic carbocycles. The number of amidine groups is 1. The molecular formula is C20H18F2N4O4. The quantitative estimate of drug-likeness (QED) is 0.745. The molecule has 2 spiro atoms. The molecule has 0 saturated heterocycles. The van der Waals surface area contributed by atoms with Crippen molar-refractivity contribution in [1.29, 1.82) is 0 Å². The van der Waals surface area contributed by atoms with E-state index in [0.29, 0.717) is 19.0 Å². The number of ketones is 1. The van der Waals surface area contributed by atoms with E-state index >= 15 is 0 Å². The summed E-state index contributed by atoms with van der Waals surface area (Å²) in [6.45, 7) is -2.10. The molecule has 2 N–H and O–H groups in total. The molecule has 0 radical (unpaired) electrons. The van der Waals surface area contributed by atoms with Crippen LogP contribution in [0.15, 0.2) is 35.6 Å². The van der Waals surface area contributed by atoms with E-state index in [1.54, 1.807) is 6.07 Å². The standard InChI is InChI=1S/C20H18F2N4O4/c21-17(22)30-16-8-24-13(7-25-16)14(27)6-11-1-2-15-12(5-11)20(10-29-18(23)26-20)19(3-4-19)9-28-15/h1-2,5,7-8,17H,3-4,6,9-10H2,(H2,23,26). The summed E-state index contributed by atoms with van der Waals surface area (Å²) >= 11 is 0. The number of nitrogens with zero attached hydrogens (tertiary/aromatic N) is 3. The molecule has 8 nitrogen and oxygen atoms in total. The van der Waals surface area contributed by atoms with E-state index in [0.717, 1.165) is 36.4 Å². The van der Waals surface area contributed by atoms with Crippen LogP contribution in [0, 0.1) is 5.41 Å². The number of carbonyl (C=O) groups is 1. The number of carbonyl (C=O) groups excluding carboxylic acids is 1.